The minimum absolute atomic E-state index is 0.269. The highest BCUT2D eigenvalue weighted by Gasteiger charge is 2.21. The van der Waals surface area contributed by atoms with Crippen molar-refractivity contribution in [2.45, 2.75) is 31.9 Å². The van der Waals surface area contributed by atoms with Gasteiger partial charge in [0.1, 0.15) is 11.9 Å². The fraction of sp³-hybridized carbons (Fsp3) is 0.333. The molecule has 4 aromatic rings. The molecule has 1 aromatic carbocycles. The van der Waals surface area contributed by atoms with Gasteiger partial charge in [0.2, 0.25) is 0 Å². The average molecular weight is 514 g/mol. The molecule has 1 saturated heterocycles. The Morgan fingerprint density at radius 2 is 1.94 bits per heavy atom. The summed E-state index contributed by atoms with van der Waals surface area (Å²) in [6.07, 6.45) is 8.24. The lowest BCUT2D eigenvalue weighted by atomic mass is 10.1. The fourth-order valence-corrected chi connectivity index (χ4v) is 5.04. The third-order valence-electron chi connectivity index (χ3n) is 6.28. The first-order chi connectivity index (χ1) is 16.9. The Balaban J connectivity index is 1.32. The average Bonchev–Trinajstić information content (AvgIpc) is 3.46. The summed E-state index contributed by atoms with van der Waals surface area (Å²) in [5.74, 6) is 0.226. The molecule has 1 aliphatic rings. The molecule has 0 radical (unpaired) electrons. The van der Waals surface area contributed by atoms with Crippen LogP contribution in [0.25, 0.3) is 10.9 Å². The molecule has 5 rings (SSSR count). The number of aromatic nitrogens is 5. The van der Waals surface area contributed by atoms with E-state index in [1.54, 1.807) is 18.3 Å². The van der Waals surface area contributed by atoms with Crippen molar-refractivity contribution in [1.29, 1.82) is 0 Å². The zero-order valence-corrected chi connectivity index (χ0v) is 20.8. The number of anilines is 1. The molecule has 35 heavy (non-hydrogen) atoms. The molecule has 1 aliphatic heterocycles. The number of pyridine rings is 1. The number of carbonyl (C=O) groups excluding carboxylic acids is 1. The van der Waals surface area contributed by atoms with Crippen LogP contribution in [0.2, 0.25) is 10.0 Å². The minimum Gasteiger partial charge on any atom is -0.486 e. The minimum atomic E-state index is -0.426. The molecule has 0 spiro atoms. The second-order valence-electron chi connectivity index (χ2n) is 8.75. The summed E-state index contributed by atoms with van der Waals surface area (Å²) in [7, 11) is 2.12. The first-order valence-electron chi connectivity index (χ1n) is 11.4. The number of benzene rings is 1. The van der Waals surface area contributed by atoms with E-state index < -0.39 is 6.10 Å². The predicted octanol–water partition coefficient (Wildman–Crippen LogP) is 5.12. The molecule has 11 heteroatoms. The normalized spacial score (nSPS) is 15.9. The number of hydrogen-bond acceptors (Lipinski definition) is 6. The van der Waals surface area contributed by atoms with Crippen molar-refractivity contribution in [2.24, 2.45) is 0 Å². The van der Waals surface area contributed by atoms with Crippen LogP contribution in [0, 0.1) is 0 Å². The van der Waals surface area contributed by atoms with Crippen molar-refractivity contribution in [3.8, 4) is 5.75 Å². The Hall–Kier alpha value is -3.14. The highest BCUT2D eigenvalue weighted by atomic mass is 35.5. The molecule has 0 bridgehead atoms. The van der Waals surface area contributed by atoms with Gasteiger partial charge in [-0.15, -0.1) is 0 Å². The van der Waals surface area contributed by atoms with Crippen LogP contribution in [-0.2, 0) is 0 Å². The van der Waals surface area contributed by atoms with E-state index in [-0.39, 0.29) is 11.6 Å². The maximum Gasteiger partial charge on any atom is 0.276 e. The van der Waals surface area contributed by atoms with Gasteiger partial charge < -0.3 is 15.0 Å². The number of ether oxygens (including phenoxy) is 1. The summed E-state index contributed by atoms with van der Waals surface area (Å²) in [5, 5.41) is 16.0. The van der Waals surface area contributed by atoms with Gasteiger partial charge in [0.05, 0.1) is 33.5 Å². The lowest BCUT2D eigenvalue weighted by Gasteiger charge is -2.28. The Kier molecular flexibility index (Phi) is 6.64. The standard InChI is InChI=1S/C24H25Cl2N7O2/c1-14(22-19(25)11-27-12-20(22)26)35-17-3-4-21-18(9-17)23(31-30-21)24(34)29-15-10-28-33(13-15)16-5-7-32(2)8-6-16/h3-4,9-14,16H,5-8H2,1-2H3,(H,29,34)(H,30,31). The number of piperidine rings is 1. The summed E-state index contributed by atoms with van der Waals surface area (Å²) >= 11 is 12.5. The molecule has 1 amide bonds. The highest BCUT2D eigenvalue weighted by molar-refractivity contribution is 6.35. The van der Waals surface area contributed by atoms with E-state index in [1.165, 1.54) is 12.4 Å². The summed E-state index contributed by atoms with van der Waals surface area (Å²) in [6, 6.07) is 5.73. The molecule has 0 aliphatic carbocycles. The highest BCUT2D eigenvalue weighted by Crippen LogP contribution is 2.33. The van der Waals surface area contributed by atoms with Crippen molar-refractivity contribution < 1.29 is 9.53 Å². The van der Waals surface area contributed by atoms with Gasteiger partial charge in [-0.25, -0.2) is 0 Å². The molecular formula is C24H25Cl2N7O2. The summed E-state index contributed by atoms with van der Waals surface area (Å²) < 4.78 is 8.02. The smallest absolute Gasteiger partial charge is 0.276 e. The zero-order chi connectivity index (χ0) is 24.5. The number of H-pyrrole nitrogens is 1. The summed E-state index contributed by atoms with van der Waals surface area (Å²) in [4.78, 5) is 19.3. The van der Waals surface area contributed by atoms with E-state index in [4.69, 9.17) is 27.9 Å². The van der Waals surface area contributed by atoms with E-state index in [0.717, 1.165) is 31.4 Å². The van der Waals surface area contributed by atoms with Gasteiger partial charge in [-0.2, -0.15) is 10.2 Å². The van der Waals surface area contributed by atoms with Crippen LogP contribution < -0.4 is 10.1 Å². The maximum absolute atomic E-state index is 13.0. The number of carbonyl (C=O) groups is 1. The molecule has 182 valence electrons. The van der Waals surface area contributed by atoms with Gasteiger partial charge in [0, 0.05) is 29.5 Å². The van der Waals surface area contributed by atoms with E-state index >= 15 is 0 Å². The number of halogens is 2. The van der Waals surface area contributed by atoms with E-state index in [2.05, 4.69) is 37.5 Å². The Bertz CT molecular complexity index is 1340. The van der Waals surface area contributed by atoms with Gasteiger partial charge in [-0.05, 0) is 58.1 Å². The van der Waals surface area contributed by atoms with Crippen LogP contribution in [0.3, 0.4) is 0 Å². The number of nitrogens with one attached hydrogen (secondary N) is 2. The maximum atomic E-state index is 13.0. The molecule has 3 aromatic heterocycles. The number of rotatable bonds is 6. The monoisotopic (exact) mass is 513 g/mol. The molecule has 2 N–H and O–H groups in total. The number of hydrogen-bond donors (Lipinski definition) is 2. The number of aromatic amines is 1. The third-order valence-corrected chi connectivity index (χ3v) is 6.88. The number of fused-ring (bicyclic) bond motifs is 1. The lowest BCUT2D eigenvalue weighted by Crippen LogP contribution is -2.31. The van der Waals surface area contributed by atoms with Crippen LogP contribution in [0.1, 0.15) is 48.0 Å². The van der Waals surface area contributed by atoms with E-state index in [1.807, 2.05) is 23.9 Å². The number of amides is 1. The van der Waals surface area contributed by atoms with Crippen molar-refractivity contribution in [1.82, 2.24) is 29.9 Å². The third kappa shape index (κ3) is 4.98. The van der Waals surface area contributed by atoms with Crippen LogP contribution in [-0.4, -0.2) is 55.9 Å². The van der Waals surface area contributed by atoms with E-state index in [9.17, 15) is 4.79 Å². The Labute approximate surface area is 212 Å². The molecule has 9 nitrogen and oxygen atoms in total. The van der Waals surface area contributed by atoms with Crippen molar-refractivity contribution in [3.63, 3.8) is 0 Å². The quantitative estimate of drug-likeness (QED) is 0.371. The van der Waals surface area contributed by atoms with Crippen molar-refractivity contribution >= 4 is 45.7 Å². The number of likely N-dealkylation sites (tertiary alicyclic amines) is 1. The van der Waals surface area contributed by atoms with Crippen molar-refractivity contribution in [3.05, 3.63) is 64.3 Å². The molecule has 1 unspecified atom stereocenters. The topological polar surface area (TPSA) is 101 Å². The second kappa shape index (κ2) is 9.85. The molecular weight excluding hydrogens is 489 g/mol. The fourth-order valence-electron chi connectivity index (χ4n) is 4.36. The molecule has 4 heterocycles. The van der Waals surface area contributed by atoms with Gasteiger partial charge >= 0.3 is 0 Å². The van der Waals surface area contributed by atoms with Crippen LogP contribution in [0.4, 0.5) is 5.69 Å². The molecule has 1 atom stereocenters. The first kappa shape index (κ1) is 23.6. The van der Waals surface area contributed by atoms with Crippen molar-refractivity contribution in [2.75, 3.05) is 25.5 Å². The summed E-state index contributed by atoms with van der Waals surface area (Å²) in [6.45, 7) is 3.92. The second-order valence-corrected chi connectivity index (χ2v) is 9.57. The number of nitrogens with zero attached hydrogens (tertiary/aromatic N) is 5. The zero-order valence-electron chi connectivity index (χ0n) is 19.3. The van der Waals surface area contributed by atoms with Crippen LogP contribution >= 0.6 is 23.2 Å². The van der Waals surface area contributed by atoms with Crippen LogP contribution in [0.15, 0.2) is 43.0 Å². The van der Waals surface area contributed by atoms with E-state index in [0.29, 0.717) is 38.5 Å². The van der Waals surface area contributed by atoms with Gasteiger partial charge in [-0.3, -0.25) is 19.6 Å². The predicted molar refractivity (Wildman–Crippen MR) is 135 cm³/mol. The largest absolute Gasteiger partial charge is 0.486 e. The Morgan fingerprint density at radius 1 is 1.20 bits per heavy atom. The van der Waals surface area contributed by atoms with Gasteiger partial charge in [0.25, 0.3) is 5.91 Å². The van der Waals surface area contributed by atoms with Gasteiger partial charge in [-0.1, -0.05) is 23.2 Å². The first-order valence-corrected chi connectivity index (χ1v) is 12.1. The Morgan fingerprint density at radius 3 is 2.69 bits per heavy atom. The molecule has 0 saturated carbocycles. The SMILES string of the molecule is CC(Oc1ccc2[nH]nc(C(=O)Nc3cnn(C4CCN(C)CC4)c3)c2c1)c1c(Cl)cncc1Cl. The lowest BCUT2D eigenvalue weighted by molar-refractivity contribution is 0.102. The van der Waals surface area contributed by atoms with Gasteiger partial charge in [0.15, 0.2) is 5.69 Å². The molecule has 1 fully saturated rings. The summed E-state index contributed by atoms with van der Waals surface area (Å²) in [5.41, 5.74) is 2.27. The van der Waals surface area contributed by atoms with Crippen LogP contribution in [0.5, 0.6) is 5.75 Å².